The predicted octanol–water partition coefficient (Wildman–Crippen LogP) is 3.71. The fraction of sp³-hybridized carbons (Fsp3) is 0.393. The van der Waals surface area contributed by atoms with Gasteiger partial charge in [0.05, 0.1) is 23.3 Å². The lowest BCUT2D eigenvalue weighted by Crippen LogP contribution is -2.46. The van der Waals surface area contributed by atoms with Gasteiger partial charge >= 0.3 is 6.18 Å². The van der Waals surface area contributed by atoms with Crippen molar-refractivity contribution in [2.24, 2.45) is 12.8 Å². The molecule has 2 aromatic carbocycles. The molecular weight excluding hydrogens is 563 g/mol. The number of nitrogens with two attached hydrogens (primary N) is 1. The maximum Gasteiger partial charge on any atom is 0.425 e. The number of benzene rings is 2. The van der Waals surface area contributed by atoms with Gasteiger partial charge < -0.3 is 30.8 Å². The first-order valence-corrected chi connectivity index (χ1v) is 13.1. The number of rotatable bonds is 11. The molecule has 1 aromatic heterocycles. The first kappa shape index (κ1) is 31.9. The third-order valence-corrected chi connectivity index (χ3v) is 6.48. The summed E-state index contributed by atoms with van der Waals surface area (Å²) in [5.41, 5.74) is 6.75. The molecule has 3 aromatic rings. The van der Waals surface area contributed by atoms with E-state index in [1.54, 1.807) is 25.5 Å². The number of halogens is 4. The molecular formula is C28H33ClF3N5O4. The number of aliphatic hydroxyl groups is 1. The van der Waals surface area contributed by atoms with Crippen molar-refractivity contribution in [1.82, 2.24) is 20.2 Å². The Labute approximate surface area is 240 Å². The van der Waals surface area contributed by atoms with Gasteiger partial charge in [-0.05, 0) is 51.0 Å². The van der Waals surface area contributed by atoms with Gasteiger partial charge in [0.25, 0.3) is 5.91 Å². The molecule has 3 rings (SSSR count). The fourth-order valence-corrected chi connectivity index (χ4v) is 4.24. The van der Waals surface area contributed by atoms with Crippen LogP contribution in [0, 0.1) is 0 Å². The second kappa shape index (κ2) is 12.9. The molecule has 2 amide bonds. The number of ether oxygens (including phenoxy) is 1. The minimum Gasteiger partial charge on any atom is -0.480 e. The van der Waals surface area contributed by atoms with Crippen molar-refractivity contribution in [2.75, 3.05) is 13.1 Å². The van der Waals surface area contributed by atoms with Crippen LogP contribution in [0.2, 0.25) is 5.02 Å². The molecule has 13 heteroatoms. The van der Waals surface area contributed by atoms with E-state index in [4.69, 9.17) is 22.1 Å². The molecule has 41 heavy (non-hydrogen) atoms. The van der Waals surface area contributed by atoms with Gasteiger partial charge in [0.1, 0.15) is 17.2 Å². The highest BCUT2D eigenvalue weighted by molar-refractivity contribution is 6.32. The highest BCUT2D eigenvalue weighted by Gasteiger charge is 2.38. The molecule has 0 saturated heterocycles. The monoisotopic (exact) mass is 595 g/mol. The summed E-state index contributed by atoms with van der Waals surface area (Å²) in [7, 11) is 1.80. The van der Waals surface area contributed by atoms with Crippen LogP contribution in [-0.4, -0.2) is 57.9 Å². The standard InChI is InChI=1S/C28H33ClF3N5O4/c1-16(28(30,31)32)41-23-10-9-19(12-21(23)29)25(39)35-20(14-34-24(38)13-33)11-17-5-7-18(8-6-17)22-15-37(4)26(36-22)27(2,3)40/h5-10,12,15-16,20,40H,11,13-14,33H2,1-4H3,(H,34,38)(H,35,39). The topological polar surface area (TPSA) is 132 Å². The molecule has 9 nitrogen and oxygen atoms in total. The van der Waals surface area contributed by atoms with E-state index in [2.05, 4.69) is 15.6 Å². The number of amides is 2. The molecule has 0 aliphatic heterocycles. The van der Waals surface area contributed by atoms with Crippen LogP contribution in [0.25, 0.3) is 11.3 Å². The minimum absolute atomic E-state index is 0.0801. The van der Waals surface area contributed by atoms with Gasteiger partial charge in [-0.15, -0.1) is 0 Å². The van der Waals surface area contributed by atoms with Gasteiger partial charge in [-0.2, -0.15) is 13.2 Å². The molecule has 5 N–H and O–H groups in total. The fourth-order valence-electron chi connectivity index (χ4n) is 4.02. The predicted molar refractivity (Wildman–Crippen MR) is 149 cm³/mol. The number of nitrogens with one attached hydrogen (secondary N) is 2. The van der Waals surface area contributed by atoms with Crippen LogP contribution < -0.4 is 21.1 Å². The van der Waals surface area contributed by atoms with Gasteiger partial charge in [-0.1, -0.05) is 35.9 Å². The van der Waals surface area contributed by atoms with Crippen LogP contribution in [0.1, 0.15) is 42.5 Å². The quantitative estimate of drug-likeness (QED) is 0.267. The Balaban J connectivity index is 1.74. The maximum absolute atomic E-state index is 13.0. The molecule has 0 saturated carbocycles. The second-order valence-electron chi connectivity index (χ2n) is 10.1. The number of hydrogen-bond donors (Lipinski definition) is 4. The Morgan fingerprint density at radius 1 is 1.17 bits per heavy atom. The van der Waals surface area contributed by atoms with Crippen molar-refractivity contribution in [2.45, 2.75) is 51.1 Å². The van der Waals surface area contributed by atoms with Crippen LogP contribution >= 0.6 is 11.6 Å². The summed E-state index contributed by atoms with van der Waals surface area (Å²) >= 11 is 6.09. The Kier molecular flexibility index (Phi) is 10.1. The Hall–Kier alpha value is -3.61. The molecule has 0 bridgehead atoms. The molecule has 1 heterocycles. The summed E-state index contributed by atoms with van der Waals surface area (Å²) in [6.07, 6.45) is -4.50. The van der Waals surface area contributed by atoms with Crippen LogP contribution in [-0.2, 0) is 23.9 Å². The lowest BCUT2D eigenvalue weighted by molar-refractivity contribution is -0.189. The van der Waals surface area contributed by atoms with Crippen LogP contribution in [0.5, 0.6) is 5.75 Å². The lowest BCUT2D eigenvalue weighted by atomic mass is 10.0. The van der Waals surface area contributed by atoms with E-state index in [1.165, 1.54) is 18.2 Å². The smallest absolute Gasteiger partial charge is 0.425 e. The number of aromatic nitrogens is 2. The third kappa shape index (κ3) is 8.69. The van der Waals surface area contributed by atoms with E-state index < -0.39 is 35.7 Å². The van der Waals surface area contributed by atoms with Crippen LogP contribution in [0.4, 0.5) is 13.2 Å². The number of nitrogens with zero attached hydrogens (tertiary/aromatic N) is 2. The molecule has 0 aliphatic rings. The Morgan fingerprint density at radius 2 is 1.83 bits per heavy atom. The number of carbonyl (C=O) groups is 2. The normalized spacial score (nSPS) is 13.4. The van der Waals surface area contributed by atoms with Crippen molar-refractivity contribution in [3.8, 4) is 17.0 Å². The molecule has 0 spiro atoms. The Bertz CT molecular complexity index is 1370. The van der Waals surface area contributed by atoms with E-state index in [0.717, 1.165) is 18.1 Å². The summed E-state index contributed by atoms with van der Waals surface area (Å²) in [4.78, 5) is 29.3. The summed E-state index contributed by atoms with van der Waals surface area (Å²) in [5.74, 6) is -0.633. The zero-order valence-corrected chi connectivity index (χ0v) is 23.8. The molecule has 0 radical (unpaired) electrons. The molecule has 0 aliphatic carbocycles. The number of carbonyl (C=O) groups excluding carboxylic acids is 2. The third-order valence-electron chi connectivity index (χ3n) is 6.18. The second-order valence-corrected chi connectivity index (χ2v) is 10.6. The van der Waals surface area contributed by atoms with Crippen molar-refractivity contribution in [1.29, 1.82) is 0 Å². The number of alkyl halides is 3. The van der Waals surface area contributed by atoms with Gasteiger partial charge in [0.15, 0.2) is 6.10 Å². The maximum atomic E-state index is 13.0. The van der Waals surface area contributed by atoms with Crippen LogP contribution in [0.15, 0.2) is 48.7 Å². The van der Waals surface area contributed by atoms with E-state index >= 15 is 0 Å². The van der Waals surface area contributed by atoms with Crippen molar-refractivity contribution in [3.63, 3.8) is 0 Å². The summed E-state index contributed by atoms with van der Waals surface area (Å²) < 4.78 is 45.2. The Morgan fingerprint density at radius 3 is 2.37 bits per heavy atom. The van der Waals surface area contributed by atoms with E-state index in [9.17, 15) is 27.9 Å². The van der Waals surface area contributed by atoms with Crippen molar-refractivity contribution < 1.29 is 32.6 Å². The molecule has 2 atom stereocenters. The van der Waals surface area contributed by atoms with Crippen LogP contribution in [0.3, 0.4) is 0 Å². The van der Waals surface area contributed by atoms with E-state index in [1.807, 2.05) is 30.5 Å². The van der Waals surface area contributed by atoms with E-state index in [-0.39, 0.29) is 29.4 Å². The van der Waals surface area contributed by atoms with Crippen molar-refractivity contribution >= 4 is 23.4 Å². The van der Waals surface area contributed by atoms with Gasteiger partial charge in [-0.3, -0.25) is 9.59 Å². The van der Waals surface area contributed by atoms with Crippen molar-refractivity contribution in [3.05, 3.63) is 70.6 Å². The number of imidazole rings is 1. The average molecular weight is 596 g/mol. The number of aryl methyl sites for hydroxylation is 1. The van der Waals surface area contributed by atoms with Gasteiger partial charge in [0.2, 0.25) is 5.91 Å². The lowest BCUT2D eigenvalue weighted by Gasteiger charge is -2.21. The first-order chi connectivity index (χ1) is 19.1. The molecule has 2 unspecified atom stereocenters. The number of hydrogen-bond acceptors (Lipinski definition) is 6. The highest BCUT2D eigenvalue weighted by Crippen LogP contribution is 2.31. The largest absolute Gasteiger partial charge is 0.480 e. The molecule has 0 fully saturated rings. The van der Waals surface area contributed by atoms with Gasteiger partial charge in [0, 0.05) is 30.9 Å². The summed E-state index contributed by atoms with van der Waals surface area (Å²) in [6, 6.07) is 10.6. The summed E-state index contributed by atoms with van der Waals surface area (Å²) in [5, 5.41) is 15.7. The zero-order valence-electron chi connectivity index (χ0n) is 23.1. The first-order valence-electron chi connectivity index (χ1n) is 12.7. The van der Waals surface area contributed by atoms with E-state index in [0.29, 0.717) is 17.9 Å². The molecule has 222 valence electrons. The highest BCUT2D eigenvalue weighted by atomic mass is 35.5. The zero-order chi connectivity index (χ0) is 30.5. The minimum atomic E-state index is -4.57. The average Bonchev–Trinajstić information content (AvgIpc) is 3.30. The van der Waals surface area contributed by atoms with Gasteiger partial charge in [-0.25, -0.2) is 4.98 Å². The SMILES string of the molecule is CC(Oc1ccc(C(=O)NC(CNC(=O)CN)Cc2ccc(-c3cn(C)c(C(C)(C)O)n3)cc2)cc1Cl)C(F)(F)F. The summed E-state index contributed by atoms with van der Waals surface area (Å²) in [6.45, 7) is 4.03.